The van der Waals surface area contributed by atoms with Gasteiger partial charge in [0.1, 0.15) is 0 Å². The summed E-state index contributed by atoms with van der Waals surface area (Å²) in [6.07, 6.45) is 4.06. The number of hydrogen-bond donors (Lipinski definition) is 0. The van der Waals surface area contributed by atoms with Gasteiger partial charge in [-0.3, -0.25) is 0 Å². The molecule has 0 N–H and O–H groups in total. The van der Waals surface area contributed by atoms with E-state index in [1.54, 1.807) is 18.8 Å². The van der Waals surface area contributed by atoms with Crippen molar-refractivity contribution in [3.8, 4) is 0 Å². The van der Waals surface area contributed by atoms with Gasteiger partial charge in [-0.1, -0.05) is 29.9 Å². The van der Waals surface area contributed by atoms with Crippen molar-refractivity contribution in [2.75, 3.05) is 19.1 Å². The predicted molar refractivity (Wildman–Crippen MR) is 74.5 cm³/mol. The minimum Gasteiger partial charge on any atom is -0.232 e. The van der Waals surface area contributed by atoms with E-state index in [1.165, 1.54) is 10.5 Å². The number of rotatable bonds is 6. The molecule has 8 heteroatoms. The number of nitrogens with zero attached hydrogens (tertiary/aromatic N) is 2. The highest BCUT2D eigenvalue weighted by molar-refractivity contribution is 7.98. The summed E-state index contributed by atoms with van der Waals surface area (Å²) in [6, 6.07) is -0.00382. The topological polar surface area (TPSA) is 50.3 Å². The molecule has 1 aromatic rings. The van der Waals surface area contributed by atoms with Gasteiger partial charge in [-0.15, -0.1) is 0 Å². The van der Waals surface area contributed by atoms with Crippen molar-refractivity contribution >= 4 is 44.7 Å². The van der Waals surface area contributed by atoms with Gasteiger partial charge in [-0.25, -0.2) is 13.4 Å². The highest BCUT2D eigenvalue weighted by Crippen LogP contribution is 2.26. The van der Waals surface area contributed by atoms with Crippen molar-refractivity contribution < 1.29 is 8.42 Å². The Morgan fingerprint density at radius 2 is 2.29 bits per heavy atom. The number of aromatic nitrogens is 1. The first-order chi connectivity index (χ1) is 7.93. The molecule has 0 amide bonds. The van der Waals surface area contributed by atoms with Crippen LogP contribution < -0.4 is 0 Å². The Morgan fingerprint density at radius 3 is 2.71 bits per heavy atom. The molecule has 1 unspecified atom stereocenters. The Morgan fingerprint density at radius 1 is 1.65 bits per heavy atom. The summed E-state index contributed by atoms with van der Waals surface area (Å²) in [5.74, 6) is 0.777. The van der Waals surface area contributed by atoms with Crippen LogP contribution in [0.4, 0.5) is 0 Å². The third-order valence-corrected chi connectivity index (χ3v) is 6.61. The Balaban J connectivity index is 2.97. The monoisotopic (exact) mass is 314 g/mol. The summed E-state index contributed by atoms with van der Waals surface area (Å²) < 4.78 is 26.4. The molecule has 1 aromatic heterocycles. The van der Waals surface area contributed by atoms with Crippen LogP contribution in [0.1, 0.15) is 13.3 Å². The molecule has 4 nitrogen and oxygen atoms in total. The summed E-state index contributed by atoms with van der Waals surface area (Å²) in [5.41, 5.74) is 0. The number of halogens is 1. The molecule has 0 bridgehead atoms. The quantitative estimate of drug-likeness (QED) is 0.809. The molecule has 17 heavy (non-hydrogen) atoms. The zero-order chi connectivity index (χ0) is 13.1. The van der Waals surface area contributed by atoms with Crippen LogP contribution in [0, 0.1) is 0 Å². The second kappa shape index (κ2) is 6.38. The lowest BCUT2D eigenvalue weighted by Gasteiger charge is -2.25. The summed E-state index contributed by atoms with van der Waals surface area (Å²) in [7, 11) is -1.86. The molecule has 1 atom stereocenters. The van der Waals surface area contributed by atoms with Gasteiger partial charge in [0.05, 0.1) is 6.20 Å². The van der Waals surface area contributed by atoms with Crippen LogP contribution >= 0.6 is 34.7 Å². The number of sulfonamides is 1. The molecule has 0 aliphatic heterocycles. The van der Waals surface area contributed by atoms with Crippen molar-refractivity contribution in [2.24, 2.45) is 0 Å². The normalized spacial score (nSPS) is 14.2. The van der Waals surface area contributed by atoms with E-state index in [4.69, 9.17) is 11.6 Å². The van der Waals surface area contributed by atoms with Crippen molar-refractivity contribution in [2.45, 2.75) is 23.6 Å². The predicted octanol–water partition coefficient (Wildman–Crippen LogP) is 2.56. The van der Waals surface area contributed by atoms with Crippen LogP contribution in [0.3, 0.4) is 0 Å². The van der Waals surface area contributed by atoms with Crippen molar-refractivity contribution in [3.05, 3.63) is 10.7 Å². The van der Waals surface area contributed by atoms with E-state index in [2.05, 4.69) is 4.98 Å². The zero-order valence-corrected chi connectivity index (χ0v) is 13.1. The van der Waals surface area contributed by atoms with Crippen molar-refractivity contribution in [1.82, 2.24) is 9.29 Å². The van der Waals surface area contributed by atoms with E-state index in [0.29, 0.717) is 0 Å². The summed E-state index contributed by atoms with van der Waals surface area (Å²) in [5, 5.41) is 0. The van der Waals surface area contributed by atoms with Crippen molar-refractivity contribution in [1.29, 1.82) is 0 Å². The molecule has 0 saturated carbocycles. The molecule has 0 spiro atoms. The van der Waals surface area contributed by atoms with Gasteiger partial charge in [0.15, 0.2) is 8.68 Å². The largest absolute Gasteiger partial charge is 0.254 e. The Bertz CT molecular complexity index is 461. The van der Waals surface area contributed by atoms with Crippen LogP contribution in [0.15, 0.2) is 10.4 Å². The lowest BCUT2D eigenvalue weighted by molar-refractivity contribution is 0.386. The fourth-order valence-electron chi connectivity index (χ4n) is 1.37. The van der Waals surface area contributed by atoms with E-state index >= 15 is 0 Å². The van der Waals surface area contributed by atoms with E-state index in [0.717, 1.165) is 23.5 Å². The molecule has 1 rings (SSSR count). The van der Waals surface area contributed by atoms with Gasteiger partial charge in [0.25, 0.3) is 10.0 Å². The molecule has 0 aromatic carbocycles. The first-order valence-corrected chi connectivity index (χ1v) is 9.04. The third-order valence-electron chi connectivity index (χ3n) is 2.43. The minimum absolute atomic E-state index is 0.00382. The Hall–Kier alpha value is 0.180. The van der Waals surface area contributed by atoms with Crippen LogP contribution in [-0.2, 0) is 10.0 Å². The third kappa shape index (κ3) is 3.57. The van der Waals surface area contributed by atoms with E-state index in [1.807, 2.05) is 13.2 Å². The van der Waals surface area contributed by atoms with Crippen LogP contribution in [-0.4, -0.2) is 42.8 Å². The molecular formula is C9H15ClN2O2S3. The molecule has 0 saturated heterocycles. The second-order valence-corrected chi connectivity index (χ2v) is 8.22. The minimum atomic E-state index is -3.46. The summed E-state index contributed by atoms with van der Waals surface area (Å²) in [6.45, 7) is 1.98. The Kier molecular flexibility index (Phi) is 5.72. The standard InChI is InChI=1S/C9H15ClN2O2S3/c1-4-7(6-15-3)12(2)17(13,14)8-5-11-9(10)16-8/h5,7H,4,6H2,1-3H3. The van der Waals surface area contributed by atoms with Crippen molar-refractivity contribution in [3.63, 3.8) is 0 Å². The van der Waals surface area contributed by atoms with Crippen LogP contribution in [0.25, 0.3) is 0 Å². The smallest absolute Gasteiger partial charge is 0.232 e. The number of thiazole rings is 1. The van der Waals surface area contributed by atoms with Crippen LogP contribution in [0.5, 0.6) is 0 Å². The maximum Gasteiger partial charge on any atom is 0.254 e. The first kappa shape index (κ1) is 15.2. The maximum absolute atomic E-state index is 12.2. The summed E-state index contributed by atoms with van der Waals surface area (Å²) in [4.78, 5) is 3.77. The highest BCUT2D eigenvalue weighted by atomic mass is 35.5. The molecule has 1 heterocycles. The van der Waals surface area contributed by atoms with Crippen LogP contribution in [0.2, 0.25) is 4.47 Å². The zero-order valence-electron chi connectivity index (χ0n) is 9.88. The number of thioether (sulfide) groups is 1. The maximum atomic E-state index is 12.2. The average Bonchev–Trinajstić information content (AvgIpc) is 2.72. The second-order valence-electron chi connectivity index (χ2n) is 3.47. The molecule has 0 aliphatic carbocycles. The highest BCUT2D eigenvalue weighted by Gasteiger charge is 2.28. The van der Waals surface area contributed by atoms with Gasteiger partial charge in [-0.05, 0) is 12.7 Å². The van der Waals surface area contributed by atoms with E-state index in [-0.39, 0.29) is 14.7 Å². The van der Waals surface area contributed by atoms with E-state index in [9.17, 15) is 8.42 Å². The Labute approximate surface area is 115 Å². The van der Waals surface area contributed by atoms with E-state index < -0.39 is 10.0 Å². The van der Waals surface area contributed by atoms with Gasteiger partial charge < -0.3 is 0 Å². The molecule has 0 radical (unpaired) electrons. The van der Waals surface area contributed by atoms with Gasteiger partial charge in [-0.2, -0.15) is 16.1 Å². The first-order valence-electron chi connectivity index (χ1n) is 5.01. The molecule has 0 aliphatic rings. The van der Waals surface area contributed by atoms with Gasteiger partial charge in [0, 0.05) is 18.8 Å². The molecule has 98 valence electrons. The SMILES string of the molecule is CCC(CSC)N(C)S(=O)(=O)c1cnc(Cl)s1. The molecular weight excluding hydrogens is 300 g/mol. The average molecular weight is 315 g/mol. The lowest BCUT2D eigenvalue weighted by Crippen LogP contribution is -2.37. The summed E-state index contributed by atoms with van der Waals surface area (Å²) >= 11 is 8.29. The van der Waals surface area contributed by atoms with Gasteiger partial charge in [0.2, 0.25) is 0 Å². The lowest BCUT2D eigenvalue weighted by atomic mass is 10.3. The fraction of sp³-hybridized carbons (Fsp3) is 0.667. The van der Waals surface area contributed by atoms with Gasteiger partial charge >= 0.3 is 0 Å². The fourth-order valence-corrected chi connectivity index (χ4v) is 5.22. The number of hydrogen-bond acceptors (Lipinski definition) is 5. The molecule has 0 fully saturated rings.